The van der Waals surface area contributed by atoms with Crippen LogP contribution in [0.5, 0.6) is 0 Å². The molecule has 0 fully saturated rings. The molecule has 8 nitrogen and oxygen atoms in total. The number of hydrogen-bond donors (Lipinski definition) is 3. The molecular formula is C12H13N5O3. The van der Waals surface area contributed by atoms with Gasteiger partial charge >= 0.3 is 12.0 Å². The molecule has 0 aliphatic carbocycles. The molecule has 2 aromatic heterocycles. The van der Waals surface area contributed by atoms with E-state index in [9.17, 15) is 9.59 Å². The van der Waals surface area contributed by atoms with Gasteiger partial charge in [0, 0.05) is 25.0 Å². The van der Waals surface area contributed by atoms with E-state index in [0.29, 0.717) is 11.3 Å². The number of carbonyl (C=O) groups excluding carboxylic acids is 1. The van der Waals surface area contributed by atoms with E-state index in [1.165, 1.54) is 23.3 Å². The summed E-state index contributed by atoms with van der Waals surface area (Å²) in [4.78, 5) is 26.8. The molecule has 1 unspecified atom stereocenters. The zero-order valence-electron chi connectivity index (χ0n) is 10.6. The van der Waals surface area contributed by atoms with E-state index in [2.05, 4.69) is 20.7 Å². The van der Waals surface area contributed by atoms with Crippen LogP contribution in [0.4, 0.5) is 10.5 Å². The van der Waals surface area contributed by atoms with Gasteiger partial charge in [0.15, 0.2) is 6.04 Å². The normalized spacial score (nSPS) is 11.7. The van der Waals surface area contributed by atoms with Crippen molar-refractivity contribution in [2.24, 2.45) is 7.05 Å². The van der Waals surface area contributed by atoms with E-state index in [0.717, 1.165) is 0 Å². The van der Waals surface area contributed by atoms with Gasteiger partial charge in [-0.1, -0.05) is 0 Å². The molecular weight excluding hydrogens is 262 g/mol. The Morgan fingerprint density at radius 1 is 1.40 bits per heavy atom. The van der Waals surface area contributed by atoms with Crippen LogP contribution in [0.1, 0.15) is 11.6 Å². The van der Waals surface area contributed by atoms with E-state index in [4.69, 9.17) is 5.11 Å². The van der Waals surface area contributed by atoms with E-state index in [1.54, 1.807) is 25.4 Å². The standard InChI is InChI=1S/C12H13N5O3/c1-17-7-8(5-14-17)10(11(18)19)16-12(20)15-9-3-2-4-13-6-9/h2-7,10H,1H3,(H,18,19)(H2,15,16,20). The largest absolute Gasteiger partial charge is 0.479 e. The summed E-state index contributed by atoms with van der Waals surface area (Å²) in [6, 6.07) is 1.51. The van der Waals surface area contributed by atoms with Crippen LogP contribution in [0.2, 0.25) is 0 Å². The average Bonchev–Trinajstić information content (AvgIpc) is 2.83. The minimum Gasteiger partial charge on any atom is -0.479 e. The molecule has 0 aliphatic heterocycles. The number of hydrogen-bond acceptors (Lipinski definition) is 4. The summed E-state index contributed by atoms with van der Waals surface area (Å²) in [5.41, 5.74) is 0.863. The lowest BCUT2D eigenvalue weighted by Crippen LogP contribution is -2.36. The van der Waals surface area contributed by atoms with Crippen LogP contribution >= 0.6 is 0 Å². The second kappa shape index (κ2) is 5.83. The first-order chi connectivity index (χ1) is 9.56. The first kappa shape index (κ1) is 13.5. The minimum atomic E-state index is -1.17. The van der Waals surface area contributed by atoms with Crippen molar-refractivity contribution in [2.75, 3.05) is 5.32 Å². The molecule has 2 aromatic rings. The van der Waals surface area contributed by atoms with Crippen LogP contribution < -0.4 is 10.6 Å². The van der Waals surface area contributed by atoms with Crippen molar-refractivity contribution in [1.29, 1.82) is 0 Å². The first-order valence-electron chi connectivity index (χ1n) is 5.75. The third kappa shape index (κ3) is 3.31. The summed E-state index contributed by atoms with van der Waals surface area (Å²) in [5.74, 6) is -1.17. The molecule has 20 heavy (non-hydrogen) atoms. The molecule has 0 saturated carbocycles. The lowest BCUT2D eigenvalue weighted by atomic mass is 10.1. The fourth-order valence-electron chi connectivity index (χ4n) is 1.61. The first-order valence-corrected chi connectivity index (χ1v) is 5.75. The maximum atomic E-state index is 11.8. The number of anilines is 1. The third-order valence-electron chi connectivity index (χ3n) is 2.50. The molecule has 0 saturated heterocycles. The molecule has 0 bridgehead atoms. The van der Waals surface area contributed by atoms with Crippen molar-refractivity contribution in [3.8, 4) is 0 Å². The minimum absolute atomic E-state index is 0.390. The van der Waals surface area contributed by atoms with Crippen LogP contribution in [-0.4, -0.2) is 31.9 Å². The van der Waals surface area contributed by atoms with Crippen molar-refractivity contribution in [2.45, 2.75) is 6.04 Å². The van der Waals surface area contributed by atoms with E-state index < -0.39 is 18.0 Å². The Morgan fingerprint density at radius 2 is 2.20 bits per heavy atom. The molecule has 104 valence electrons. The fraction of sp³-hybridized carbons (Fsp3) is 0.167. The van der Waals surface area contributed by atoms with Crippen molar-refractivity contribution in [3.63, 3.8) is 0 Å². The van der Waals surface area contributed by atoms with Crippen LogP contribution in [-0.2, 0) is 11.8 Å². The van der Waals surface area contributed by atoms with Gasteiger partial charge in [-0.2, -0.15) is 5.10 Å². The van der Waals surface area contributed by atoms with E-state index in [1.807, 2.05) is 0 Å². The highest BCUT2D eigenvalue weighted by Crippen LogP contribution is 2.12. The van der Waals surface area contributed by atoms with Crippen molar-refractivity contribution in [1.82, 2.24) is 20.1 Å². The third-order valence-corrected chi connectivity index (χ3v) is 2.50. The van der Waals surface area contributed by atoms with Gasteiger partial charge in [-0.15, -0.1) is 0 Å². The number of urea groups is 1. The van der Waals surface area contributed by atoms with Gasteiger partial charge in [0.1, 0.15) is 0 Å². The smallest absolute Gasteiger partial charge is 0.331 e. The predicted molar refractivity (Wildman–Crippen MR) is 70.0 cm³/mol. The maximum Gasteiger partial charge on any atom is 0.331 e. The van der Waals surface area contributed by atoms with Crippen LogP contribution in [0, 0.1) is 0 Å². The number of aryl methyl sites for hydroxylation is 1. The van der Waals surface area contributed by atoms with Gasteiger partial charge < -0.3 is 15.7 Å². The van der Waals surface area contributed by atoms with Crippen molar-refractivity contribution >= 4 is 17.7 Å². The number of nitrogens with zero attached hydrogens (tertiary/aromatic N) is 3. The molecule has 2 amide bonds. The fourth-order valence-corrected chi connectivity index (χ4v) is 1.61. The number of nitrogens with one attached hydrogen (secondary N) is 2. The Kier molecular flexibility index (Phi) is 3.94. The average molecular weight is 275 g/mol. The quantitative estimate of drug-likeness (QED) is 0.763. The zero-order chi connectivity index (χ0) is 14.5. The van der Waals surface area contributed by atoms with Gasteiger partial charge in [0.05, 0.1) is 18.1 Å². The Hall–Kier alpha value is -2.90. The number of aromatic nitrogens is 3. The summed E-state index contributed by atoms with van der Waals surface area (Å²) < 4.78 is 1.46. The van der Waals surface area contributed by atoms with Gasteiger partial charge in [0.25, 0.3) is 0 Å². The highest BCUT2D eigenvalue weighted by atomic mass is 16.4. The molecule has 0 aliphatic rings. The summed E-state index contributed by atoms with van der Waals surface area (Å²) in [6.45, 7) is 0. The predicted octanol–water partition coefficient (Wildman–Crippen LogP) is 0.762. The Morgan fingerprint density at radius 3 is 2.75 bits per heavy atom. The number of amides is 2. The monoisotopic (exact) mass is 275 g/mol. The summed E-state index contributed by atoms with van der Waals surface area (Å²) in [7, 11) is 1.66. The maximum absolute atomic E-state index is 11.8. The molecule has 2 heterocycles. The van der Waals surface area contributed by atoms with Crippen LogP contribution in [0.3, 0.4) is 0 Å². The summed E-state index contributed by atoms with van der Waals surface area (Å²) in [5, 5.41) is 17.9. The van der Waals surface area contributed by atoms with Gasteiger partial charge in [-0.05, 0) is 12.1 Å². The number of pyridine rings is 1. The second-order valence-electron chi connectivity index (χ2n) is 4.06. The van der Waals surface area contributed by atoms with Gasteiger partial charge in [-0.25, -0.2) is 9.59 Å². The highest BCUT2D eigenvalue weighted by Gasteiger charge is 2.23. The number of carbonyl (C=O) groups is 2. The Balaban J connectivity index is 2.05. The van der Waals surface area contributed by atoms with Crippen molar-refractivity contribution in [3.05, 3.63) is 42.5 Å². The summed E-state index contributed by atoms with van der Waals surface area (Å²) in [6.07, 6.45) is 5.95. The Labute approximate surface area is 114 Å². The summed E-state index contributed by atoms with van der Waals surface area (Å²) >= 11 is 0. The van der Waals surface area contributed by atoms with Crippen LogP contribution in [0.15, 0.2) is 36.9 Å². The van der Waals surface area contributed by atoms with Crippen molar-refractivity contribution < 1.29 is 14.7 Å². The van der Waals surface area contributed by atoms with E-state index >= 15 is 0 Å². The van der Waals surface area contributed by atoms with Gasteiger partial charge in [-0.3, -0.25) is 9.67 Å². The number of rotatable bonds is 4. The molecule has 1 atom stereocenters. The molecule has 8 heteroatoms. The molecule has 0 spiro atoms. The van der Waals surface area contributed by atoms with E-state index in [-0.39, 0.29) is 0 Å². The SMILES string of the molecule is Cn1cc(C(NC(=O)Nc2cccnc2)C(=O)O)cn1. The molecule has 0 aromatic carbocycles. The lowest BCUT2D eigenvalue weighted by molar-refractivity contribution is -0.139. The highest BCUT2D eigenvalue weighted by molar-refractivity contribution is 5.92. The molecule has 3 N–H and O–H groups in total. The zero-order valence-corrected chi connectivity index (χ0v) is 10.6. The number of carboxylic acid groups (broad SMARTS) is 1. The lowest BCUT2D eigenvalue weighted by Gasteiger charge is -2.13. The molecule has 2 rings (SSSR count). The molecule has 0 radical (unpaired) electrons. The Bertz CT molecular complexity index is 611. The number of aliphatic carboxylic acids is 1. The second-order valence-corrected chi connectivity index (χ2v) is 4.06. The van der Waals surface area contributed by atoms with Crippen LogP contribution in [0.25, 0.3) is 0 Å². The topological polar surface area (TPSA) is 109 Å². The number of carboxylic acids is 1. The van der Waals surface area contributed by atoms with Gasteiger partial charge in [0.2, 0.25) is 0 Å².